The largest absolute Gasteiger partial charge is 0.306 e. The third-order valence-electron chi connectivity index (χ3n) is 4.76. The fraction of sp³-hybridized carbons (Fsp3) is 0.182. The van der Waals surface area contributed by atoms with E-state index in [0.29, 0.717) is 12.4 Å². The van der Waals surface area contributed by atoms with Crippen molar-refractivity contribution in [3.63, 3.8) is 0 Å². The molecule has 0 spiro atoms. The highest BCUT2D eigenvalue weighted by Crippen LogP contribution is 2.20. The minimum atomic E-state index is -0.0520. The van der Waals surface area contributed by atoms with Crippen LogP contribution in [-0.4, -0.2) is 21.4 Å². The molecule has 0 radical (unpaired) electrons. The number of nitrogens with zero attached hydrogens (tertiary/aromatic N) is 2. The number of terminal acetylenes is 1. The summed E-state index contributed by atoms with van der Waals surface area (Å²) < 4.78 is 0. The zero-order chi connectivity index (χ0) is 17.9. The Morgan fingerprint density at radius 3 is 2.69 bits per heavy atom. The lowest BCUT2D eigenvalue weighted by Crippen LogP contribution is -2.35. The minimum Gasteiger partial charge on any atom is -0.306 e. The van der Waals surface area contributed by atoms with Crippen molar-refractivity contribution in [1.29, 1.82) is 0 Å². The minimum absolute atomic E-state index is 0.0520. The van der Waals surface area contributed by atoms with Crippen molar-refractivity contribution in [3.8, 4) is 23.7 Å². The number of aromatic amines is 1. The second kappa shape index (κ2) is 6.99. The van der Waals surface area contributed by atoms with Gasteiger partial charge in [-0.05, 0) is 11.6 Å². The summed E-state index contributed by atoms with van der Waals surface area (Å²) in [4.78, 5) is 22.5. The predicted octanol–water partition coefficient (Wildman–Crippen LogP) is 2.98. The molecule has 0 fully saturated rings. The van der Waals surface area contributed by atoms with Gasteiger partial charge in [0.2, 0.25) is 0 Å². The third-order valence-corrected chi connectivity index (χ3v) is 4.76. The smallest absolute Gasteiger partial charge is 0.255 e. The van der Waals surface area contributed by atoms with Crippen LogP contribution >= 0.6 is 0 Å². The SMILES string of the molecule is C#Cc1ccccc1CN1CCc2nc(-c3ccccc3)[nH]c(=O)c2C1. The van der Waals surface area contributed by atoms with Crippen LogP contribution in [0.2, 0.25) is 0 Å². The number of hydrogen-bond donors (Lipinski definition) is 1. The number of H-pyrrole nitrogens is 1. The van der Waals surface area contributed by atoms with Crippen LogP contribution in [0.15, 0.2) is 59.4 Å². The van der Waals surface area contributed by atoms with E-state index >= 15 is 0 Å². The summed E-state index contributed by atoms with van der Waals surface area (Å²) in [6.45, 7) is 2.18. The summed E-state index contributed by atoms with van der Waals surface area (Å²) in [7, 11) is 0. The van der Waals surface area contributed by atoms with E-state index in [4.69, 9.17) is 11.4 Å². The predicted molar refractivity (Wildman–Crippen MR) is 102 cm³/mol. The molecule has 2 aromatic carbocycles. The quantitative estimate of drug-likeness (QED) is 0.745. The Bertz CT molecular complexity index is 1030. The van der Waals surface area contributed by atoms with Crippen LogP contribution in [0.25, 0.3) is 11.4 Å². The molecule has 2 heterocycles. The Kier molecular flexibility index (Phi) is 4.39. The molecule has 3 aromatic rings. The van der Waals surface area contributed by atoms with Crippen molar-refractivity contribution in [2.24, 2.45) is 0 Å². The van der Waals surface area contributed by atoms with Crippen LogP contribution in [-0.2, 0) is 19.5 Å². The molecule has 1 aliphatic rings. The molecule has 0 unspecified atom stereocenters. The summed E-state index contributed by atoms with van der Waals surface area (Å²) in [5.74, 6) is 3.37. The molecular formula is C22H19N3O. The van der Waals surface area contributed by atoms with Crippen LogP contribution in [0.5, 0.6) is 0 Å². The van der Waals surface area contributed by atoms with Gasteiger partial charge >= 0.3 is 0 Å². The molecule has 0 saturated heterocycles. The summed E-state index contributed by atoms with van der Waals surface area (Å²) >= 11 is 0. The summed E-state index contributed by atoms with van der Waals surface area (Å²) in [6, 6.07) is 17.7. The summed E-state index contributed by atoms with van der Waals surface area (Å²) in [5, 5.41) is 0. The second-order valence-electron chi connectivity index (χ2n) is 6.47. The second-order valence-corrected chi connectivity index (χ2v) is 6.47. The van der Waals surface area contributed by atoms with Gasteiger partial charge in [-0.25, -0.2) is 4.98 Å². The van der Waals surface area contributed by atoms with Crippen LogP contribution in [0, 0.1) is 12.3 Å². The van der Waals surface area contributed by atoms with Crippen molar-refractivity contribution in [3.05, 3.63) is 87.3 Å². The van der Waals surface area contributed by atoms with Gasteiger partial charge in [0.05, 0.1) is 11.3 Å². The first kappa shape index (κ1) is 16.3. The fourth-order valence-electron chi connectivity index (χ4n) is 3.39. The molecule has 0 aliphatic carbocycles. The molecule has 0 saturated carbocycles. The van der Waals surface area contributed by atoms with Gasteiger partial charge in [0.25, 0.3) is 5.56 Å². The maximum atomic E-state index is 12.6. The topological polar surface area (TPSA) is 49.0 Å². The number of rotatable bonds is 3. The molecule has 0 amide bonds. The van der Waals surface area contributed by atoms with Crippen molar-refractivity contribution >= 4 is 0 Å². The van der Waals surface area contributed by atoms with E-state index in [2.05, 4.69) is 15.8 Å². The molecule has 4 rings (SSSR count). The van der Waals surface area contributed by atoms with E-state index in [1.807, 2.05) is 54.6 Å². The Morgan fingerprint density at radius 1 is 1.12 bits per heavy atom. The van der Waals surface area contributed by atoms with Crippen molar-refractivity contribution < 1.29 is 0 Å². The molecule has 1 aromatic heterocycles. The van der Waals surface area contributed by atoms with E-state index in [9.17, 15) is 4.79 Å². The zero-order valence-corrected chi connectivity index (χ0v) is 14.4. The molecule has 0 atom stereocenters. The van der Waals surface area contributed by atoms with Crippen LogP contribution in [0.3, 0.4) is 0 Å². The highest BCUT2D eigenvalue weighted by atomic mass is 16.1. The van der Waals surface area contributed by atoms with Gasteiger partial charge in [-0.2, -0.15) is 0 Å². The molecular weight excluding hydrogens is 322 g/mol. The Balaban J connectivity index is 1.60. The lowest BCUT2D eigenvalue weighted by atomic mass is 10.0. The number of benzene rings is 2. The van der Waals surface area contributed by atoms with Gasteiger partial charge in [-0.1, -0.05) is 54.5 Å². The van der Waals surface area contributed by atoms with Gasteiger partial charge in [0, 0.05) is 37.2 Å². The third kappa shape index (κ3) is 3.17. The molecule has 0 bridgehead atoms. The molecule has 4 heteroatoms. The monoisotopic (exact) mass is 341 g/mol. The zero-order valence-electron chi connectivity index (χ0n) is 14.4. The van der Waals surface area contributed by atoms with E-state index in [1.54, 1.807) is 0 Å². The summed E-state index contributed by atoms with van der Waals surface area (Å²) in [5.41, 5.74) is 4.55. The highest BCUT2D eigenvalue weighted by Gasteiger charge is 2.22. The molecule has 26 heavy (non-hydrogen) atoms. The molecule has 1 N–H and O–H groups in total. The number of fused-ring (bicyclic) bond motifs is 1. The van der Waals surface area contributed by atoms with Gasteiger partial charge < -0.3 is 4.98 Å². The van der Waals surface area contributed by atoms with E-state index in [1.165, 1.54) is 0 Å². The van der Waals surface area contributed by atoms with Crippen molar-refractivity contribution in [1.82, 2.24) is 14.9 Å². The fourth-order valence-corrected chi connectivity index (χ4v) is 3.39. The van der Waals surface area contributed by atoms with Crippen LogP contribution < -0.4 is 5.56 Å². The lowest BCUT2D eigenvalue weighted by molar-refractivity contribution is 0.241. The van der Waals surface area contributed by atoms with E-state index < -0.39 is 0 Å². The van der Waals surface area contributed by atoms with Gasteiger partial charge in [-0.3, -0.25) is 9.69 Å². The number of nitrogens with one attached hydrogen (secondary N) is 1. The Hall–Kier alpha value is -3.16. The first-order chi connectivity index (χ1) is 12.7. The maximum Gasteiger partial charge on any atom is 0.255 e. The first-order valence-corrected chi connectivity index (χ1v) is 8.69. The molecule has 128 valence electrons. The van der Waals surface area contributed by atoms with Gasteiger partial charge in [-0.15, -0.1) is 6.42 Å². The normalized spacial score (nSPS) is 13.8. The number of hydrogen-bond acceptors (Lipinski definition) is 3. The van der Waals surface area contributed by atoms with Crippen LogP contribution in [0.1, 0.15) is 22.4 Å². The lowest BCUT2D eigenvalue weighted by Gasteiger charge is -2.28. The van der Waals surface area contributed by atoms with E-state index in [0.717, 1.165) is 47.5 Å². The van der Waals surface area contributed by atoms with Crippen molar-refractivity contribution in [2.45, 2.75) is 19.5 Å². The standard InChI is InChI=1S/C22H19N3O/c1-2-16-8-6-7-11-18(16)14-25-13-12-20-19(15-25)22(26)24-21(23-20)17-9-4-3-5-10-17/h1,3-11H,12-15H2,(H,23,24,26). The highest BCUT2D eigenvalue weighted by molar-refractivity contribution is 5.54. The van der Waals surface area contributed by atoms with Crippen molar-refractivity contribution in [2.75, 3.05) is 6.54 Å². The molecule has 1 aliphatic heterocycles. The average molecular weight is 341 g/mol. The number of aromatic nitrogens is 2. The Labute approximate surface area is 152 Å². The Morgan fingerprint density at radius 2 is 1.88 bits per heavy atom. The van der Waals surface area contributed by atoms with Gasteiger partial charge in [0.15, 0.2) is 0 Å². The van der Waals surface area contributed by atoms with Gasteiger partial charge in [0.1, 0.15) is 5.82 Å². The average Bonchev–Trinajstić information content (AvgIpc) is 2.69. The first-order valence-electron chi connectivity index (χ1n) is 8.69. The van der Waals surface area contributed by atoms with Crippen LogP contribution in [0.4, 0.5) is 0 Å². The summed E-state index contributed by atoms with van der Waals surface area (Å²) in [6.07, 6.45) is 6.36. The maximum absolute atomic E-state index is 12.6. The van der Waals surface area contributed by atoms with E-state index in [-0.39, 0.29) is 5.56 Å². The molecule has 4 nitrogen and oxygen atoms in total.